The van der Waals surface area contributed by atoms with Crippen LogP contribution >= 0.6 is 0 Å². The SMILES string of the molecule is CC1(C)[C@@H]2CC[C@@]1(C)[C@H](OC(=O)C[C@@H](c1ccc(F)cc1)[C@@H](CC(=O)O[C@@H]1[C@H](C(c3ccccc3)c3ccccc3)[C@H]3CC[C@]1(C)C3(C)C)c1ccc(F)cc1)[C@@H]2C(c1ccccc1)c1ccccc1. The highest BCUT2D eigenvalue weighted by Crippen LogP contribution is 2.72. The molecule has 0 aromatic heterocycles. The lowest BCUT2D eigenvalue weighted by atomic mass is 9.68. The Bertz CT molecular complexity index is 2490. The van der Waals surface area contributed by atoms with E-state index in [0.717, 1.165) is 25.7 Å². The Morgan fingerprint density at radius 2 is 0.729 bits per heavy atom. The Morgan fingerprint density at radius 1 is 0.443 bits per heavy atom. The number of carbonyl (C=O) groups is 2. The standard InChI is InChI=1S/C64H68F2O4/c1-61(2)51-35-37-63(61,5)59(57(51)55(43-19-11-7-12-20-43)44-21-13-8-14-22-44)69-53(67)39-49(41-27-31-47(65)32-28-41)50(42-29-33-48(66)34-30-42)40-54(68)70-60-58(52-36-38-64(60,6)62(52,3)4)56(45-23-15-9-16-24-45)46-25-17-10-18-26-46/h7-34,49-52,55-60H,35-40H2,1-6H3/t49-,50-,51+,52+,57-,58-,59+,60+,63-,64-/m0/s1. The molecule has 4 fully saturated rings. The van der Waals surface area contributed by atoms with Gasteiger partial charge in [0.1, 0.15) is 23.8 Å². The molecule has 6 aromatic carbocycles. The van der Waals surface area contributed by atoms with E-state index in [1.807, 2.05) is 24.3 Å². The van der Waals surface area contributed by atoms with Crippen LogP contribution in [0, 0.1) is 57.0 Å². The topological polar surface area (TPSA) is 52.6 Å². The number of esters is 2. The summed E-state index contributed by atoms with van der Waals surface area (Å²) in [5, 5.41) is 0. The van der Waals surface area contributed by atoms with E-state index in [0.29, 0.717) is 23.0 Å². The Morgan fingerprint density at radius 3 is 1.01 bits per heavy atom. The molecule has 0 heterocycles. The molecule has 10 atom stereocenters. The fraction of sp³-hybridized carbons (Fsp3) is 0.406. The van der Waals surface area contributed by atoms with Crippen molar-refractivity contribution >= 4 is 11.9 Å². The van der Waals surface area contributed by atoms with Crippen LogP contribution in [0.3, 0.4) is 0 Å². The summed E-state index contributed by atoms with van der Waals surface area (Å²) >= 11 is 0. The van der Waals surface area contributed by atoms with Crippen LogP contribution in [0.5, 0.6) is 0 Å². The first-order valence-corrected chi connectivity index (χ1v) is 25.7. The van der Waals surface area contributed by atoms with E-state index in [-0.39, 0.29) is 70.1 Å². The Hall–Kier alpha value is -5.88. The minimum absolute atomic E-state index is 0.00514. The van der Waals surface area contributed by atoms with Crippen molar-refractivity contribution in [3.63, 3.8) is 0 Å². The van der Waals surface area contributed by atoms with Crippen LogP contribution in [-0.4, -0.2) is 24.1 Å². The first-order valence-electron chi connectivity index (χ1n) is 25.7. The van der Waals surface area contributed by atoms with Gasteiger partial charge in [-0.1, -0.05) is 187 Å². The molecule has 10 rings (SSSR count). The Balaban J connectivity index is 1.00. The van der Waals surface area contributed by atoms with Gasteiger partial charge in [0, 0.05) is 46.3 Å². The molecule has 4 saturated carbocycles. The fourth-order valence-electron chi connectivity index (χ4n) is 15.1. The molecule has 4 bridgehead atoms. The molecule has 4 aliphatic rings. The van der Waals surface area contributed by atoms with Crippen molar-refractivity contribution in [1.29, 1.82) is 0 Å². The predicted octanol–water partition coefficient (Wildman–Crippen LogP) is 15.2. The highest BCUT2D eigenvalue weighted by atomic mass is 19.1. The first-order chi connectivity index (χ1) is 33.6. The summed E-state index contributed by atoms with van der Waals surface area (Å²) in [6.45, 7) is 14.0. The highest BCUT2D eigenvalue weighted by molar-refractivity contribution is 5.74. The van der Waals surface area contributed by atoms with Crippen molar-refractivity contribution in [3.8, 4) is 0 Å². The van der Waals surface area contributed by atoms with Crippen LogP contribution in [-0.2, 0) is 19.1 Å². The maximum absolute atomic E-state index is 15.2. The highest BCUT2D eigenvalue weighted by Gasteiger charge is 2.70. The average Bonchev–Trinajstić information content (AvgIpc) is 3.86. The van der Waals surface area contributed by atoms with Gasteiger partial charge in [-0.25, -0.2) is 8.78 Å². The van der Waals surface area contributed by atoms with Crippen molar-refractivity contribution in [2.45, 2.75) is 116 Å². The summed E-state index contributed by atoms with van der Waals surface area (Å²) in [6.07, 6.45) is 3.02. The molecule has 0 spiro atoms. The number of carbonyl (C=O) groups excluding carboxylic acids is 2. The largest absolute Gasteiger partial charge is 0.461 e. The number of benzene rings is 6. The smallest absolute Gasteiger partial charge is 0.306 e. The molecule has 4 nitrogen and oxygen atoms in total. The van der Waals surface area contributed by atoms with Crippen LogP contribution in [0.2, 0.25) is 0 Å². The monoisotopic (exact) mass is 939 g/mol. The second kappa shape index (κ2) is 18.7. The minimum Gasteiger partial charge on any atom is -0.461 e. The first kappa shape index (κ1) is 47.8. The number of fused-ring (bicyclic) bond motifs is 4. The molecule has 6 heteroatoms. The van der Waals surface area contributed by atoms with Gasteiger partial charge in [-0.3, -0.25) is 9.59 Å². The quantitative estimate of drug-likeness (QED) is 0.0963. The molecule has 4 aliphatic carbocycles. The molecule has 0 saturated heterocycles. The van der Waals surface area contributed by atoms with Gasteiger partial charge in [-0.15, -0.1) is 0 Å². The lowest BCUT2D eigenvalue weighted by Crippen LogP contribution is -2.43. The molecule has 0 N–H and O–H groups in total. The Labute approximate surface area is 414 Å². The van der Waals surface area contributed by atoms with Crippen LogP contribution in [0.15, 0.2) is 170 Å². The van der Waals surface area contributed by atoms with E-state index in [1.165, 1.54) is 46.5 Å². The van der Waals surface area contributed by atoms with Crippen LogP contribution < -0.4 is 0 Å². The minimum atomic E-state index is -0.632. The number of rotatable bonds is 15. The van der Waals surface area contributed by atoms with Crippen molar-refractivity contribution in [2.75, 3.05) is 0 Å². The molecule has 70 heavy (non-hydrogen) atoms. The summed E-state index contributed by atoms with van der Waals surface area (Å²) in [4.78, 5) is 30.4. The van der Waals surface area contributed by atoms with E-state index in [2.05, 4.69) is 139 Å². The van der Waals surface area contributed by atoms with Crippen LogP contribution in [0.25, 0.3) is 0 Å². The number of halogens is 2. The zero-order valence-electron chi connectivity index (χ0n) is 41.6. The van der Waals surface area contributed by atoms with Gasteiger partial charge in [0.15, 0.2) is 0 Å². The van der Waals surface area contributed by atoms with Gasteiger partial charge in [0.05, 0.1) is 12.8 Å². The molecule has 0 aliphatic heterocycles. The van der Waals surface area contributed by atoms with Gasteiger partial charge in [-0.05, 0) is 106 Å². The van der Waals surface area contributed by atoms with Gasteiger partial charge in [-0.2, -0.15) is 0 Å². The summed E-state index contributed by atoms with van der Waals surface area (Å²) < 4.78 is 43.6. The number of hydrogen-bond donors (Lipinski definition) is 0. The molecule has 0 amide bonds. The van der Waals surface area contributed by atoms with Crippen LogP contribution in [0.4, 0.5) is 8.78 Å². The number of hydrogen-bond acceptors (Lipinski definition) is 4. The Kier molecular flexibility index (Phi) is 12.8. The van der Waals surface area contributed by atoms with Gasteiger partial charge >= 0.3 is 11.9 Å². The van der Waals surface area contributed by atoms with E-state index in [1.54, 1.807) is 24.3 Å². The third-order valence-electron chi connectivity index (χ3n) is 19.4. The van der Waals surface area contributed by atoms with E-state index >= 15 is 9.59 Å². The van der Waals surface area contributed by atoms with Gasteiger partial charge < -0.3 is 9.47 Å². The van der Waals surface area contributed by atoms with Gasteiger partial charge in [0.2, 0.25) is 0 Å². The lowest BCUT2D eigenvalue weighted by Gasteiger charge is -2.42. The van der Waals surface area contributed by atoms with Crippen molar-refractivity contribution in [3.05, 3.63) is 215 Å². The molecular weight excluding hydrogens is 871 g/mol. The summed E-state index contributed by atoms with van der Waals surface area (Å²) in [7, 11) is 0. The van der Waals surface area contributed by atoms with Crippen molar-refractivity contribution < 1.29 is 27.8 Å². The fourth-order valence-corrected chi connectivity index (χ4v) is 15.1. The van der Waals surface area contributed by atoms with E-state index in [9.17, 15) is 8.78 Å². The maximum atomic E-state index is 15.2. The molecule has 0 radical (unpaired) electrons. The lowest BCUT2D eigenvalue weighted by molar-refractivity contribution is -0.164. The summed E-state index contributed by atoms with van der Waals surface area (Å²) in [5.74, 6) is -2.23. The third kappa shape index (κ3) is 8.21. The van der Waals surface area contributed by atoms with E-state index in [4.69, 9.17) is 9.47 Å². The maximum Gasteiger partial charge on any atom is 0.306 e. The molecule has 6 aromatic rings. The second-order valence-electron chi connectivity index (χ2n) is 22.9. The van der Waals surface area contributed by atoms with Crippen molar-refractivity contribution in [1.82, 2.24) is 0 Å². The summed E-state index contributed by atoms with van der Waals surface area (Å²) in [5.41, 5.74) is 5.32. The summed E-state index contributed by atoms with van der Waals surface area (Å²) in [6, 6.07) is 54.9. The van der Waals surface area contributed by atoms with Crippen LogP contribution in [0.1, 0.15) is 137 Å². The number of ether oxygens (including phenoxy) is 2. The molecular formula is C64H68F2O4. The second-order valence-corrected chi connectivity index (χ2v) is 22.9. The third-order valence-corrected chi connectivity index (χ3v) is 19.4. The molecule has 0 unspecified atom stereocenters. The average molecular weight is 939 g/mol. The zero-order valence-corrected chi connectivity index (χ0v) is 41.6. The van der Waals surface area contributed by atoms with Gasteiger partial charge in [0.25, 0.3) is 0 Å². The zero-order chi connectivity index (χ0) is 49.0. The molecule has 362 valence electrons. The normalized spacial score (nSPS) is 27.9. The van der Waals surface area contributed by atoms with E-state index < -0.39 is 35.7 Å². The predicted molar refractivity (Wildman–Crippen MR) is 273 cm³/mol. The van der Waals surface area contributed by atoms with Crippen molar-refractivity contribution in [2.24, 2.45) is 45.3 Å².